The molecular weight excluding hydrogens is 773 g/mol. The van der Waals surface area contributed by atoms with Crippen LogP contribution in [0.1, 0.15) is 68.7 Å². The molecule has 0 aliphatic carbocycles. The lowest BCUT2D eigenvalue weighted by Crippen LogP contribution is -2.52. The zero-order valence-corrected chi connectivity index (χ0v) is 33.8. The van der Waals surface area contributed by atoms with Gasteiger partial charge in [-0.3, -0.25) is 9.69 Å². The average Bonchev–Trinajstić information content (AvgIpc) is 3.29. The topological polar surface area (TPSA) is 162 Å². The third-order valence-electron chi connectivity index (χ3n) is 11.6. The molecule has 3 aliphatic heterocycles. The Morgan fingerprint density at radius 1 is 0.803 bits per heavy atom. The van der Waals surface area contributed by atoms with Crippen LogP contribution in [0.3, 0.4) is 0 Å². The molecule has 2 bridgehead atoms. The van der Waals surface area contributed by atoms with E-state index in [1.54, 1.807) is 24.3 Å². The van der Waals surface area contributed by atoms with Gasteiger partial charge in [-0.1, -0.05) is 84.9 Å². The molecule has 5 N–H and O–H groups in total. The highest BCUT2D eigenvalue weighted by atomic mass is 16.6. The highest BCUT2D eigenvalue weighted by Crippen LogP contribution is 2.31. The zero-order valence-electron chi connectivity index (χ0n) is 33.8. The van der Waals surface area contributed by atoms with Crippen molar-refractivity contribution in [3.05, 3.63) is 177 Å². The van der Waals surface area contributed by atoms with E-state index in [4.69, 9.17) is 14.2 Å². The number of aliphatic hydroxyl groups excluding tert-OH is 1. The fraction of sp³-hybridized carbons (Fsp3) is 0.286. The van der Waals surface area contributed by atoms with Gasteiger partial charge in [0.25, 0.3) is 0 Å². The number of aromatic nitrogens is 1. The van der Waals surface area contributed by atoms with E-state index in [1.807, 2.05) is 91.0 Å². The number of nitrogens with one attached hydrogen (secondary N) is 3. The molecule has 4 heterocycles. The van der Waals surface area contributed by atoms with Gasteiger partial charge >= 0.3 is 12.1 Å². The van der Waals surface area contributed by atoms with Crippen molar-refractivity contribution < 1.29 is 34.0 Å². The predicted octanol–water partition coefficient (Wildman–Crippen LogP) is 6.95. The number of hydrogen-bond acceptors (Lipinski definition) is 10. The first-order valence-corrected chi connectivity index (χ1v) is 20.8. The monoisotopic (exact) mass is 822 g/mol. The number of alkyl carbamates (subject to hydrolysis) is 1. The molecule has 12 heteroatoms. The largest absolute Gasteiger partial charge is 0.506 e. The fourth-order valence-electron chi connectivity index (χ4n) is 8.26. The minimum atomic E-state index is -0.848. The van der Waals surface area contributed by atoms with Crippen molar-refractivity contribution in [2.45, 2.75) is 50.7 Å². The molecule has 0 spiro atoms. The number of amides is 1. The molecule has 6 aromatic rings. The van der Waals surface area contributed by atoms with Crippen molar-refractivity contribution in [1.29, 1.82) is 0 Å². The number of fused-ring (bicyclic) bond motifs is 4. The van der Waals surface area contributed by atoms with Crippen LogP contribution in [0.5, 0.6) is 11.5 Å². The number of pyridine rings is 1. The second kappa shape index (κ2) is 19.3. The van der Waals surface area contributed by atoms with E-state index < -0.39 is 24.2 Å². The summed E-state index contributed by atoms with van der Waals surface area (Å²) in [5.74, 6) is 0.578. The first-order chi connectivity index (χ1) is 29.8. The number of H-pyrrole nitrogens is 1. The van der Waals surface area contributed by atoms with E-state index in [-0.39, 0.29) is 37.2 Å². The second-order valence-corrected chi connectivity index (χ2v) is 15.8. The van der Waals surface area contributed by atoms with E-state index in [2.05, 4.69) is 20.5 Å². The summed E-state index contributed by atoms with van der Waals surface area (Å²) in [5.41, 5.74) is 5.59. The zero-order chi connectivity index (χ0) is 42.1. The predicted molar refractivity (Wildman–Crippen MR) is 231 cm³/mol. The molecule has 0 radical (unpaired) electrons. The van der Waals surface area contributed by atoms with Crippen LogP contribution < -0.4 is 20.9 Å². The Morgan fingerprint density at radius 2 is 1.57 bits per heavy atom. The number of phenols is 1. The van der Waals surface area contributed by atoms with Gasteiger partial charge in [-0.15, -0.1) is 0 Å². The number of benzene rings is 5. The highest BCUT2D eigenvalue weighted by molar-refractivity contribution is 5.89. The van der Waals surface area contributed by atoms with Crippen molar-refractivity contribution >= 4 is 23.0 Å². The van der Waals surface area contributed by atoms with Crippen LogP contribution in [0.2, 0.25) is 0 Å². The smallest absolute Gasteiger partial charge is 0.408 e. The van der Waals surface area contributed by atoms with Crippen LogP contribution in [0.25, 0.3) is 10.9 Å². The first kappa shape index (κ1) is 41.3. The maximum absolute atomic E-state index is 13.2. The summed E-state index contributed by atoms with van der Waals surface area (Å²) in [5, 5.41) is 28.0. The third kappa shape index (κ3) is 10.5. The Labute approximate surface area is 354 Å². The molecule has 3 fully saturated rings. The van der Waals surface area contributed by atoms with E-state index in [0.717, 1.165) is 60.3 Å². The molecule has 0 saturated carbocycles. The fourth-order valence-corrected chi connectivity index (χ4v) is 8.26. The summed E-state index contributed by atoms with van der Waals surface area (Å²) < 4.78 is 17.8. The van der Waals surface area contributed by atoms with E-state index >= 15 is 0 Å². The molecule has 3 unspecified atom stereocenters. The summed E-state index contributed by atoms with van der Waals surface area (Å²) in [6, 6.07) is 38.1. The van der Waals surface area contributed by atoms with Gasteiger partial charge in [-0.25, -0.2) is 9.59 Å². The Hall–Kier alpha value is -6.47. The van der Waals surface area contributed by atoms with E-state index in [0.29, 0.717) is 46.7 Å². The summed E-state index contributed by atoms with van der Waals surface area (Å²) in [7, 11) is 0. The van der Waals surface area contributed by atoms with Crippen LogP contribution in [0, 0.1) is 5.92 Å². The van der Waals surface area contributed by atoms with Gasteiger partial charge < -0.3 is 40.0 Å². The molecule has 3 aliphatic rings. The SMILES string of the molecule is O=C(NC(c1ccccc1)c1cccc(OCc2ccc(C(=O)OCc3cccc(CCNCC(O)c4ccc(O)c5[nH]c(=O)ccc45)c3)cc2)c1)OC1CN2CCC1CC2. The second-order valence-electron chi connectivity index (χ2n) is 15.8. The van der Waals surface area contributed by atoms with Crippen LogP contribution >= 0.6 is 0 Å². The van der Waals surface area contributed by atoms with Crippen molar-refractivity contribution in [2.75, 3.05) is 32.7 Å². The Bertz CT molecular complexity index is 2500. The number of hydrogen-bond donors (Lipinski definition) is 5. The molecule has 314 valence electrons. The van der Waals surface area contributed by atoms with Crippen molar-refractivity contribution in [1.82, 2.24) is 20.5 Å². The number of aromatic amines is 1. The number of aromatic hydroxyl groups is 1. The highest BCUT2D eigenvalue weighted by Gasteiger charge is 2.37. The molecule has 12 nitrogen and oxygen atoms in total. The van der Waals surface area contributed by atoms with Gasteiger partial charge in [0.05, 0.1) is 23.2 Å². The van der Waals surface area contributed by atoms with Gasteiger partial charge in [0.15, 0.2) is 0 Å². The standard InChI is InChI=1S/C49H50N4O8/c54-42-18-16-40(41-17-19-45(56)51-47(41)42)43(55)28-50-23-20-32-6-4-7-34(26-32)31-60-48(57)37-14-12-33(13-15-37)30-59-39-11-5-10-38(27-39)46(36-8-2-1-3-9-36)52-49(58)61-44-29-53-24-21-35(44)22-25-53/h1-19,26-27,35,43-44,46,50,54-55H,20-25,28-31H2,(H,51,56)(H,52,58). The summed E-state index contributed by atoms with van der Waals surface area (Å²) in [6.45, 7) is 4.21. The Balaban J connectivity index is 0.801. The van der Waals surface area contributed by atoms with Crippen LogP contribution in [0.15, 0.2) is 132 Å². The Morgan fingerprint density at radius 3 is 2.36 bits per heavy atom. The maximum Gasteiger partial charge on any atom is 0.408 e. The van der Waals surface area contributed by atoms with Gasteiger partial charge in [0.2, 0.25) is 5.56 Å². The number of rotatable bonds is 16. The molecule has 1 aromatic heterocycles. The van der Waals surface area contributed by atoms with Gasteiger partial charge in [0.1, 0.15) is 30.8 Å². The van der Waals surface area contributed by atoms with E-state index in [1.165, 1.54) is 12.1 Å². The normalized spacial score (nSPS) is 18.0. The molecule has 1 amide bonds. The van der Waals surface area contributed by atoms with Crippen molar-refractivity contribution in [3.8, 4) is 11.5 Å². The number of ether oxygens (including phenoxy) is 3. The van der Waals surface area contributed by atoms with Gasteiger partial charge in [-0.05, 0) is 115 Å². The molecular formula is C49H50N4O8. The summed E-state index contributed by atoms with van der Waals surface area (Å²) in [4.78, 5) is 42.9. The van der Waals surface area contributed by atoms with Crippen molar-refractivity contribution in [2.24, 2.45) is 5.92 Å². The summed E-state index contributed by atoms with van der Waals surface area (Å²) in [6.07, 6.45) is 1.45. The number of carbonyl (C=O) groups excluding carboxylic acids is 2. The minimum Gasteiger partial charge on any atom is -0.506 e. The number of phenolic OH excluding ortho intramolecular Hbond substituents is 1. The molecule has 3 atom stereocenters. The average molecular weight is 823 g/mol. The van der Waals surface area contributed by atoms with Crippen LogP contribution in [-0.2, 0) is 29.1 Å². The number of esters is 1. The van der Waals surface area contributed by atoms with Gasteiger partial charge in [0, 0.05) is 24.5 Å². The van der Waals surface area contributed by atoms with Crippen LogP contribution in [0.4, 0.5) is 4.79 Å². The quantitative estimate of drug-likeness (QED) is 0.0511. The van der Waals surface area contributed by atoms with Gasteiger partial charge in [-0.2, -0.15) is 0 Å². The lowest BCUT2D eigenvalue weighted by molar-refractivity contribution is -0.0336. The lowest BCUT2D eigenvalue weighted by Gasteiger charge is -2.43. The molecule has 61 heavy (non-hydrogen) atoms. The molecule has 5 aromatic carbocycles. The number of carbonyl (C=O) groups is 2. The number of nitrogens with zero attached hydrogens (tertiary/aromatic N) is 1. The number of aliphatic hydroxyl groups is 1. The van der Waals surface area contributed by atoms with Crippen molar-refractivity contribution in [3.63, 3.8) is 0 Å². The molecule has 3 saturated heterocycles. The minimum absolute atomic E-state index is 0.0521. The number of piperidine rings is 3. The first-order valence-electron chi connectivity index (χ1n) is 20.8. The maximum atomic E-state index is 13.2. The lowest BCUT2D eigenvalue weighted by atomic mass is 9.86. The van der Waals surface area contributed by atoms with E-state index in [9.17, 15) is 24.6 Å². The third-order valence-corrected chi connectivity index (χ3v) is 11.6. The van der Waals surface area contributed by atoms with Crippen LogP contribution in [-0.4, -0.2) is 71.0 Å². The summed E-state index contributed by atoms with van der Waals surface area (Å²) >= 11 is 0. The Kier molecular flexibility index (Phi) is 13.0. The molecule has 9 rings (SSSR count).